The van der Waals surface area contributed by atoms with Crippen molar-refractivity contribution in [1.29, 1.82) is 0 Å². The van der Waals surface area contributed by atoms with Crippen LogP contribution in [0.15, 0.2) is 24.3 Å². The summed E-state index contributed by atoms with van der Waals surface area (Å²) in [5.74, 6) is 0. The van der Waals surface area contributed by atoms with E-state index in [0.29, 0.717) is 0 Å². The van der Waals surface area contributed by atoms with E-state index in [1.165, 1.54) is 11.3 Å². The Balaban J connectivity index is 2.28. The maximum atomic E-state index is 5.10. The highest BCUT2D eigenvalue weighted by Gasteiger charge is 2.01. The molecule has 0 aliphatic rings. The van der Waals surface area contributed by atoms with Crippen molar-refractivity contribution in [2.24, 2.45) is 0 Å². The van der Waals surface area contributed by atoms with E-state index in [4.69, 9.17) is 4.74 Å². The number of benzene rings is 1. The van der Waals surface area contributed by atoms with Crippen LogP contribution in [0.5, 0.6) is 0 Å². The third kappa shape index (κ3) is 5.20. The standard InChI is InChI=1S/C14H24N2O/c1-4-16(11-12-17-3)10-9-15-14-8-6-5-7-13(14)2/h5-8,15H,4,9-12H2,1-3H3. The van der Waals surface area contributed by atoms with Gasteiger partial charge in [0.25, 0.3) is 0 Å². The zero-order valence-electron chi connectivity index (χ0n) is 11.2. The predicted molar refractivity (Wildman–Crippen MR) is 73.7 cm³/mol. The molecule has 0 heterocycles. The molecule has 0 atom stereocenters. The second-order valence-corrected chi connectivity index (χ2v) is 4.17. The maximum Gasteiger partial charge on any atom is 0.0589 e. The monoisotopic (exact) mass is 236 g/mol. The fraction of sp³-hybridized carbons (Fsp3) is 0.571. The molecular weight excluding hydrogens is 212 g/mol. The van der Waals surface area contributed by atoms with Crippen LogP contribution in [0.25, 0.3) is 0 Å². The number of hydrogen-bond donors (Lipinski definition) is 1. The average Bonchev–Trinajstić information content (AvgIpc) is 2.35. The molecule has 1 aromatic rings. The summed E-state index contributed by atoms with van der Waals surface area (Å²) in [7, 11) is 1.75. The second-order valence-electron chi connectivity index (χ2n) is 4.17. The molecule has 1 N–H and O–H groups in total. The topological polar surface area (TPSA) is 24.5 Å². The van der Waals surface area contributed by atoms with Crippen molar-refractivity contribution in [2.45, 2.75) is 13.8 Å². The van der Waals surface area contributed by atoms with Gasteiger partial charge in [0.05, 0.1) is 6.61 Å². The smallest absolute Gasteiger partial charge is 0.0589 e. The van der Waals surface area contributed by atoms with E-state index in [-0.39, 0.29) is 0 Å². The van der Waals surface area contributed by atoms with Gasteiger partial charge < -0.3 is 10.1 Å². The van der Waals surface area contributed by atoms with E-state index in [0.717, 1.165) is 32.8 Å². The van der Waals surface area contributed by atoms with E-state index in [1.54, 1.807) is 7.11 Å². The Morgan fingerprint density at radius 3 is 2.65 bits per heavy atom. The van der Waals surface area contributed by atoms with Gasteiger partial charge in [-0.25, -0.2) is 0 Å². The fourth-order valence-electron chi connectivity index (χ4n) is 1.77. The van der Waals surface area contributed by atoms with Gasteiger partial charge in [-0.15, -0.1) is 0 Å². The minimum Gasteiger partial charge on any atom is -0.384 e. The maximum absolute atomic E-state index is 5.10. The van der Waals surface area contributed by atoms with Crippen molar-refractivity contribution in [2.75, 3.05) is 45.2 Å². The molecule has 0 aromatic heterocycles. The summed E-state index contributed by atoms with van der Waals surface area (Å²) in [5, 5.41) is 3.47. The molecule has 0 radical (unpaired) electrons. The highest BCUT2D eigenvalue weighted by atomic mass is 16.5. The zero-order valence-corrected chi connectivity index (χ0v) is 11.2. The predicted octanol–water partition coefficient (Wildman–Crippen LogP) is 2.38. The van der Waals surface area contributed by atoms with Gasteiger partial charge in [-0.3, -0.25) is 4.90 Å². The Kier molecular flexibility index (Phi) is 6.67. The van der Waals surface area contributed by atoms with Crippen LogP contribution in [0.2, 0.25) is 0 Å². The highest BCUT2D eigenvalue weighted by molar-refractivity contribution is 5.50. The Morgan fingerprint density at radius 1 is 1.24 bits per heavy atom. The first-order chi connectivity index (χ1) is 8.27. The van der Waals surface area contributed by atoms with Gasteiger partial charge in [-0.05, 0) is 25.1 Å². The van der Waals surface area contributed by atoms with Crippen LogP contribution in [-0.4, -0.2) is 44.8 Å². The summed E-state index contributed by atoms with van der Waals surface area (Å²) < 4.78 is 5.10. The molecule has 0 bridgehead atoms. The van der Waals surface area contributed by atoms with Gasteiger partial charge in [0.1, 0.15) is 0 Å². The summed E-state index contributed by atoms with van der Waals surface area (Å²) in [6.45, 7) is 9.21. The minimum atomic E-state index is 0.804. The van der Waals surface area contributed by atoms with Crippen LogP contribution < -0.4 is 5.32 Å². The van der Waals surface area contributed by atoms with Crippen molar-refractivity contribution < 1.29 is 4.74 Å². The normalized spacial score (nSPS) is 10.8. The fourth-order valence-corrected chi connectivity index (χ4v) is 1.77. The molecule has 0 fully saturated rings. The second kappa shape index (κ2) is 8.09. The lowest BCUT2D eigenvalue weighted by atomic mass is 10.2. The van der Waals surface area contributed by atoms with Crippen molar-refractivity contribution in [3.63, 3.8) is 0 Å². The van der Waals surface area contributed by atoms with E-state index < -0.39 is 0 Å². The average molecular weight is 236 g/mol. The molecule has 1 rings (SSSR count). The number of anilines is 1. The van der Waals surface area contributed by atoms with E-state index in [2.05, 4.69) is 48.3 Å². The van der Waals surface area contributed by atoms with Crippen molar-refractivity contribution in [1.82, 2.24) is 4.90 Å². The van der Waals surface area contributed by atoms with Gasteiger partial charge in [0, 0.05) is 32.4 Å². The number of ether oxygens (including phenoxy) is 1. The summed E-state index contributed by atoms with van der Waals surface area (Å²) in [6, 6.07) is 8.39. The van der Waals surface area contributed by atoms with Crippen molar-refractivity contribution >= 4 is 5.69 Å². The van der Waals surface area contributed by atoms with Crippen LogP contribution >= 0.6 is 0 Å². The number of nitrogens with zero attached hydrogens (tertiary/aromatic N) is 1. The van der Waals surface area contributed by atoms with Crippen LogP contribution in [-0.2, 0) is 4.74 Å². The Bertz CT molecular complexity index is 315. The van der Waals surface area contributed by atoms with Crippen LogP contribution in [0.4, 0.5) is 5.69 Å². The summed E-state index contributed by atoms with van der Waals surface area (Å²) >= 11 is 0. The Morgan fingerprint density at radius 2 is 2.00 bits per heavy atom. The highest BCUT2D eigenvalue weighted by Crippen LogP contribution is 2.12. The number of likely N-dealkylation sites (N-methyl/N-ethyl adjacent to an activating group) is 1. The molecule has 96 valence electrons. The number of nitrogens with one attached hydrogen (secondary N) is 1. The first-order valence-corrected chi connectivity index (χ1v) is 6.28. The molecule has 0 aliphatic carbocycles. The first kappa shape index (κ1) is 14.0. The van der Waals surface area contributed by atoms with Crippen LogP contribution in [0.3, 0.4) is 0 Å². The first-order valence-electron chi connectivity index (χ1n) is 6.28. The molecule has 0 spiro atoms. The summed E-state index contributed by atoms with van der Waals surface area (Å²) in [5.41, 5.74) is 2.53. The molecule has 0 saturated heterocycles. The molecule has 1 aromatic carbocycles. The quantitative estimate of drug-likeness (QED) is 0.750. The number of para-hydroxylation sites is 1. The Labute approximate surface area is 105 Å². The van der Waals surface area contributed by atoms with Crippen molar-refractivity contribution in [3.05, 3.63) is 29.8 Å². The molecular formula is C14H24N2O. The Hall–Kier alpha value is -1.06. The number of hydrogen-bond acceptors (Lipinski definition) is 3. The molecule has 0 aliphatic heterocycles. The van der Waals surface area contributed by atoms with Crippen LogP contribution in [0.1, 0.15) is 12.5 Å². The lowest BCUT2D eigenvalue weighted by Gasteiger charge is -2.20. The van der Waals surface area contributed by atoms with Gasteiger partial charge in [-0.2, -0.15) is 0 Å². The molecule has 3 nitrogen and oxygen atoms in total. The van der Waals surface area contributed by atoms with Crippen molar-refractivity contribution in [3.8, 4) is 0 Å². The van der Waals surface area contributed by atoms with Crippen LogP contribution in [0, 0.1) is 6.92 Å². The lowest BCUT2D eigenvalue weighted by Crippen LogP contribution is -2.31. The number of methoxy groups -OCH3 is 1. The van der Waals surface area contributed by atoms with Gasteiger partial charge in [0.2, 0.25) is 0 Å². The molecule has 0 saturated carbocycles. The minimum absolute atomic E-state index is 0.804. The zero-order chi connectivity index (χ0) is 12.5. The molecule has 3 heteroatoms. The molecule has 0 unspecified atom stereocenters. The van der Waals surface area contributed by atoms with E-state index in [1.807, 2.05) is 0 Å². The molecule has 17 heavy (non-hydrogen) atoms. The summed E-state index contributed by atoms with van der Waals surface area (Å²) in [4.78, 5) is 2.38. The molecule has 0 amide bonds. The van der Waals surface area contributed by atoms with Gasteiger partial charge >= 0.3 is 0 Å². The lowest BCUT2D eigenvalue weighted by molar-refractivity contribution is 0.153. The largest absolute Gasteiger partial charge is 0.384 e. The third-order valence-corrected chi connectivity index (χ3v) is 2.95. The third-order valence-electron chi connectivity index (χ3n) is 2.95. The SMILES string of the molecule is CCN(CCNc1ccccc1C)CCOC. The van der Waals surface area contributed by atoms with E-state index in [9.17, 15) is 0 Å². The van der Waals surface area contributed by atoms with E-state index >= 15 is 0 Å². The van der Waals surface area contributed by atoms with Gasteiger partial charge in [0.15, 0.2) is 0 Å². The summed E-state index contributed by atoms with van der Waals surface area (Å²) in [6.07, 6.45) is 0. The number of rotatable bonds is 8. The van der Waals surface area contributed by atoms with Gasteiger partial charge in [-0.1, -0.05) is 25.1 Å². The number of aryl methyl sites for hydroxylation is 1.